The van der Waals surface area contributed by atoms with Gasteiger partial charge >= 0.3 is 0 Å². The molecule has 156 valence electrons. The summed E-state index contributed by atoms with van der Waals surface area (Å²) < 4.78 is 5.54. The molecule has 6 nitrogen and oxygen atoms in total. The van der Waals surface area contributed by atoms with Crippen LogP contribution in [-0.4, -0.2) is 37.2 Å². The van der Waals surface area contributed by atoms with E-state index in [-0.39, 0.29) is 12.0 Å². The van der Waals surface area contributed by atoms with Crippen LogP contribution >= 0.6 is 0 Å². The zero-order valence-corrected chi connectivity index (χ0v) is 17.5. The first kappa shape index (κ1) is 22.2. The van der Waals surface area contributed by atoms with E-state index in [2.05, 4.69) is 36.4 Å². The zero-order chi connectivity index (χ0) is 20.4. The Morgan fingerprint density at radius 1 is 1.32 bits per heavy atom. The molecular formula is C22H36N4O2. The molecule has 1 fully saturated rings. The Kier molecular flexibility index (Phi) is 9.28. The summed E-state index contributed by atoms with van der Waals surface area (Å²) in [5, 5.41) is 6.20. The van der Waals surface area contributed by atoms with Crippen LogP contribution in [0.15, 0.2) is 29.3 Å². The summed E-state index contributed by atoms with van der Waals surface area (Å²) in [5.74, 6) is 1.10. The summed E-state index contributed by atoms with van der Waals surface area (Å²) in [6.45, 7) is 8.41. The van der Waals surface area contributed by atoms with Gasteiger partial charge in [-0.3, -0.25) is 4.79 Å². The Morgan fingerprint density at radius 2 is 2.14 bits per heavy atom. The van der Waals surface area contributed by atoms with Crippen molar-refractivity contribution < 1.29 is 9.53 Å². The molecule has 1 amide bonds. The average molecular weight is 389 g/mol. The molecule has 28 heavy (non-hydrogen) atoms. The summed E-state index contributed by atoms with van der Waals surface area (Å²) in [4.78, 5) is 16.8. The number of benzene rings is 1. The maximum Gasteiger partial charge on any atom is 0.251 e. The van der Waals surface area contributed by atoms with Gasteiger partial charge in [-0.25, -0.2) is 4.99 Å². The number of nitrogens with two attached hydrogens (primary N) is 1. The van der Waals surface area contributed by atoms with Crippen molar-refractivity contribution >= 4 is 11.9 Å². The van der Waals surface area contributed by atoms with Crippen LogP contribution in [0.3, 0.4) is 0 Å². The highest BCUT2D eigenvalue weighted by molar-refractivity contribution is 5.94. The zero-order valence-electron chi connectivity index (χ0n) is 17.5. The van der Waals surface area contributed by atoms with Gasteiger partial charge < -0.3 is 21.1 Å². The third kappa shape index (κ3) is 8.30. The van der Waals surface area contributed by atoms with Gasteiger partial charge in [0, 0.05) is 24.8 Å². The summed E-state index contributed by atoms with van der Waals surface area (Å²) in [6.07, 6.45) is 5.71. The number of ether oxygens (including phenoxy) is 1. The average Bonchev–Trinajstić information content (AvgIpc) is 3.18. The van der Waals surface area contributed by atoms with Crippen molar-refractivity contribution in [3.05, 3.63) is 35.4 Å². The molecule has 1 aliphatic rings. The molecule has 4 N–H and O–H groups in total. The SMILES string of the molecule is CC(C)CCCC(C)NC(N)=NCc1cccc(C(=O)NCC2CCCO2)c1. The van der Waals surface area contributed by atoms with E-state index in [9.17, 15) is 4.79 Å². The van der Waals surface area contributed by atoms with Crippen molar-refractivity contribution in [2.75, 3.05) is 13.2 Å². The third-order valence-electron chi connectivity index (χ3n) is 4.95. The maximum atomic E-state index is 12.3. The lowest BCUT2D eigenvalue weighted by Crippen LogP contribution is -2.38. The number of carbonyl (C=O) groups is 1. The summed E-state index contributed by atoms with van der Waals surface area (Å²) >= 11 is 0. The van der Waals surface area contributed by atoms with Crippen LogP contribution in [0.2, 0.25) is 0 Å². The molecule has 2 unspecified atom stereocenters. The molecule has 0 saturated carbocycles. The summed E-state index contributed by atoms with van der Waals surface area (Å²) in [5.41, 5.74) is 7.61. The van der Waals surface area contributed by atoms with Crippen molar-refractivity contribution in [2.45, 2.75) is 71.6 Å². The van der Waals surface area contributed by atoms with E-state index in [1.54, 1.807) is 0 Å². The molecule has 1 aromatic carbocycles. The Hall–Kier alpha value is -2.08. The van der Waals surface area contributed by atoms with Gasteiger partial charge in [-0.1, -0.05) is 38.8 Å². The van der Waals surface area contributed by atoms with Gasteiger partial charge in [0.2, 0.25) is 0 Å². The molecule has 1 aliphatic heterocycles. The predicted molar refractivity (Wildman–Crippen MR) is 114 cm³/mol. The Balaban J connectivity index is 1.78. The minimum absolute atomic E-state index is 0.0776. The summed E-state index contributed by atoms with van der Waals surface area (Å²) in [7, 11) is 0. The van der Waals surface area contributed by atoms with Crippen molar-refractivity contribution in [3.8, 4) is 0 Å². The highest BCUT2D eigenvalue weighted by Gasteiger charge is 2.16. The number of hydrogen-bond acceptors (Lipinski definition) is 3. The van der Waals surface area contributed by atoms with Gasteiger partial charge in [-0.05, 0) is 49.8 Å². The van der Waals surface area contributed by atoms with E-state index in [4.69, 9.17) is 10.5 Å². The highest BCUT2D eigenvalue weighted by atomic mass is 16.5. The third-order valence-corrected chi connectivity index (χ3v) is 4.95. The van der Waals surface area contributed by atoms with Gasteiger partial charge in [0.25, 0.3) is 5.91 Å². The number of carbonyl (C=O) groups excluding carboxylic acids is 1. The number of nitrogens with one attached hydrogen (secondary N) is 2. The van der Waals surface area contributed by atoms with Gasteiger partial charge in [0.1, 0.15) is 0 Å². The topological polar surface area (TPSA) is 88.7 Å². The monoisotopic (exact) mass is 388 g/mol. The van der Waals surface area contributed by atoms with Crippen LogP contribution in [0.4, 0.5) is 0 Å². The normalized spacial score (nSPS) is 18.3. The van der Waals surface area contributed by atoms with E-state index in [1.165, 1.54) is 12.8 Å². The fourth-order valence-electron chi connectivity index (χ4n) is 3.30. The number of amides is 1. The fraction of sp³-hybridized carbons (Fsp3) is 0.636. The highest BCUT2D eigenvalue weighted by Crippen LogP contribution is 2.12. The molecule has 1 saturated heterocycles. The molecule has 0 radical (unpaired) electrons. The Labute approximate surface area is 169 Å². The number of rotatable bonds is 10. The quantitative estimate of drug-likeness (QED) is 0.424. The van der Waals surface area contributed by atoms with E-state index in [0.717, 1.165) is 37.4 Å². The predicted octanol–water partition coefficient (Wildman–Crippen LogP) is 3.21. The molecular weight excluding hydrogens is 352 g/mol. The second-order valence-electron chi connectivity index (χ2n) is 8.12. The lowest BCUT2D eigenvalue weighted by atomic mass is 10.0. The largest absolute Gasteiger partial charge is 0.376 e. The number of guanidine groups is 1. The van der Waals surface area contributed by atoms with Gasteiger partial charge in [0.15, 0.2) is 5.96 Å². The fourth-order valence-corrected chi connectivity index (χ4v) is 3.30. The Bertz CT molecular complexity index is 639. The van der Waals surface area contributed by atoms with E-state index < -0.39 is 0 Å². The van der Waals surface area contributed by atoms with E-state index in [0.29, 0.717) is 30.7 Å². The van der Waals surface area contributed by atoms with E-state index in [1.807, 2.05) is 24.3 Å². The Morgan fingerprint density at radius 3 is 2.86 bits per heavy atom. The van der Waals surface area contributed by atoms with E-state index >= 15 is 0 Å². The second-order valence-corrected chi connectivity index (χ2v) is 8.12. The van der Waals surface area contributed by atoms with Crippen LogP contribution in [0.5, 0.6) is 0 Å². The van der Waals surface area contributed by atoms with Gasteiger partial charge in [0.05, 0.1) is 12.6 Å². The molecule has 0 bridgehead atoms. The van der Waals surface area contributed by atoms with Crippen LogP contribution in [0.25, 0.3) is 0 Å². The molecule has 0 spiro atoms. The molecule has 2 atom stereocenters. The minimum Gasteiger partial charge on any atom is -0.376 e. The van der Waals surface area contributed by atoms with Crippen molar-refractivity contribution in [2.24, 2.45) is 16.6 Å². The first-order chi connectivity index (χ1) is 13.4. The van der Waals surface area contributed by atoms with Gasteiger partial charge in [-0.2, -0.15) is 0 Å². The number of nitrogens with zero attached hydrogens (tertiary/aromatic N) is 1. The molecule has 1 aromatic rings. The van der Waals surface area contributed by atoms with Crippen LogP contribution in [0.1, 0.15) is 68.8 Å². The molecule has 0 aliphatic carbocycles. The van der Waals surface area contributed by atoms with Crippen LogP contribution < -0.4 is 16.4 Å². The first-order valence-corrected chi connectivity index (χ1v) is 10.5. The first-order valence-electron chi connectivity index (χ1n) is 10.5. The standard InChI is InChI=1S/C22H36N4O2/c1-16(2)7-4-8-17(3)26-22(23)25-14-18-9-5-10-19(13-18)21(27)24-15-20-11-6-12-28-20/h5,9-10,13,16-17,20H,4,6-8,11-12,14-15H2,1-3H3,(H,24,27)(H3,23,25,26). The second kappa shape index (κ2) is 11.7. The van der Waals surface area contributed by atoms with Crippen molar-refractivity contribution in [1.29, 1.82) is 0 Å². The van der Waals surface area contributed by atoms with Crippen LogP contribution in [0, 0.1) is 5.92 Å². The molecule has 2 rings (SSSR count). The smallest absolute Gasteiger partial charge is 0.251 e. The number of hydrogen-bond donors (Lipinski definition) is 3. The summed E-state index contributed by atoms with van der Waals surface area (Å²) in [6, 6.07) is 7.82. The van der Waals surface area contributed by atoms with Crippen LogP contribution in [-0.2, 0) is 11.3 Å². The number of aliphatic imine (C=N–C) groups is 1. The lowest BCUT2D eigenvalue weighted by Gasteiger charge is -2.15. The molecule has 6 heteroatoms. The minimum atomic E-state index is -0.0776. The van der Waals surface area contributed by atoms with Crippen molar-refractivity contribution in [1.82, 2.24) is 10.6 Å². The molecule has 1 heterocycles. The van der Waals surface area contributed by atoms with Crippen molar-refractivity contribution in [3.63, 3.8) is 0 Å². The molecule has 0 aromatic heterocycles. The lowest BCUT2D eigenvalue weighted by molar-refractivity contribution is 0.0857. The maximum absolute atomic E-state index is 12.3. The van der Waals surface area contributed by atoms with Gasteiger partial charge in [-0.15, -0.1) is 0 Å².